The summed E-state index contributed by atoms with van der Waals surface area (Å²) in [5.41, 5.74) is 12.4. The zero-order valence-electron chi connectivity index (χ0n) is 16.8. The zero-order valence-corrected chi connectivity index (χ0v) is 17.6. The SMILES string of the molecule is Cc1c(N)c(C)c(S(=O)(=O)Nc2cc(C(C)O)cc(C(O)C(F)(F)F)c2)c(C)c1N. The van der Waals surface area contributed by atoms with Gasteiger partial charge in [0.25, 0.3) is 10.0 Å². The fourth-order valence-electron chi connectivity index (χ4n) is 3.17. The molecule has 2 aromatic rings. The number of alkyl halides is 3. The van der Waals surface area contributed by atoms with Crippen molar-refractivity contribution in [2.45, 2.75) is 51.0 Å². The molecule has 166 valence electrons. The average Bonchev–Trinajstić information content (AvgIpc) is 2.62. The molecule has 0 saturated carbocycles. The van der Waals surface area contributed by atoms with Crippen molar-refractivity contribution in [3.05, 3.63) is 46.0 Å². The third-order valence-corrected chi connectivity index (χ3v) is 6.56. The Morgan fingerprint density at radius 3 is 1.83 bits per heavy atom. The summed E-state index contributed by atoms with van der Waals surface area (Å²) >= 11 is 0. The highest BCUT2D eigenvalue weighted by Crippen LogP contribution is 2.37. The maximum Gasteiger partial charge on any atom is 0.418 e. The lowest BCUT2D eigenvalue weighted by Gasteiger charge is -2.21. The number of aliphatic hydroxyl groups excluding tert-OH is 2. The van der Waals surface area contributed by atoms with Gasteiger partial charge >= 0.3 is 6.18 Å². The van der Waals surface area contributed by atoms with Crippen LogP contribution in [0.5, 0.6) is 0 Å². The Kier molecular flexibility index (Phi) is 6.32. The summed E-state index contributed by atoms with van der Waals surface area (Å²) in [6.07, 6.45) is -9.03. The number of hydrogen-bond donors (Lipinski definition) is 5. The molecule has 2 rings (SSSR count). The third-order valence-electron chi connectivity index (χ3n) is 4.90. The van der Waals surface area contributed by atoms with Crippen LogP contribution in [0, 0.1) is 20.8 Å². The van der Waals surface area contributed by atoms with Crippen molar-refractivity contribution in [1.82, 2.24) is 0 Å². The van der Waals surface area contributed by atoms with E-state index >= 15 is 0 Å². The van der Waals surface area contributed by atoms with Crippen LogP contribution in [-0.4, -0.2) is 24.8 Å². The first-order chi connectivity index (χ1) is 13.6. The largest absolute Gasteiger partial charge is 0.418 e. The maximum absolute atomic E-state index is 13.0. The summed E-state index contributed by atoms with van der Waals surface area (Å²) in [6, 6.07) is 2.99. The van der Waals surface area contributed by atoms with Crippen LogP contribution < -0.4 is 16.2 Å². The molecule has 30 heavy (non-hydrogen) atoms. The van der Waals surface area contributed by atoms with Gasteiger partial charge in [0.15, 0.2) is 6.10 Å². The molecule has 0 fully saturated rings. The van der Waals surface area contributed by atoms with E-state index in [1.807, 2.05) is 0 Å². The number of aliphatic hydroxyl groups is 2. The van der Waals surface area contributed by atoms with E-state index in [9.17, 15) is 31.8 Å². The van der Waals surface area contributed by atoms with E-state index in [0.717, 1.165) is 12.1 Å². The molecule has 0 aliphatic rings. The average molecular weight is 447 g/mol. The Hall–Kier alpha value is -2.50. The van der Waals surface area contributed by atoms with Gasteiger partial charge in [-0.25, -0.2) is 8.42 Å². The lowest BCUT2D eigenvalue weighted by Crippen LogP contribution is -2.21. The topological polar surface area (TPSA) is 139 Å². The molecule has 0 bridgehead atoms. The van der Waals surface area contributed by atoms with Gasteiger partial charge in [-0.15, -0.1) is 0 Å². The molecule has 0 aliphatic carbocycles. The number of nitrogens with one attached hydrogen (secondary N) is 1. The van der Waals surface area contributed by atoms with Crippen molar-refractivity contribution in [2.75, 3.05) is 16.2 Å². The van der Waals surface area contributed by atoms with Gasteiger partial charge < -0.3 is 21.7 Å². The summed E-state index contributed by atoms with van der Waals surface area (Å²) in [4.78, 5) is -0.191. The molecule has 2 aromatic carbocycles. The number of rotatable bonds is 5. The molecule has 0 spiro atoms. The van der Waals surface area contributed by atoms with E-state index in [0.29, 0.717) is 5.56 Å². The minimum Gasteiger partial charge on any atom is -0.398 e. The molecule has 11 heteroatoms. The van der Waals surface area contributed by atoms with Crippen LogP contribution in [0.15, 0.2) is 23.1 Å². The predicted molar refractivity (Wildman–Crippen MR) is 108 cm³/mol. The summed E-state index contributed by atoms with van der Waals surface area (Å²) < 4.78 is 67.2. The van der Waals surface area contributed by atoms with Crippen LogP contribution in [0.2, 0.25) is 0 Å². The number of hydrogen-bond acceptors (Lipinski definition) is 6. The molecule has 0 aliphatic heterocycles. The minimum atomic E-state index is -4.97. The van der Waals surface area contributed by atoms with Crippen molar-refractivity contribution in [3.8, 4) is 0 Å². The molecule has 7 N–H and O–H groups in total. The number of sulfonamides is 1. The fourth-order valence-corrected chi connectivity index (χ4v) is 4.72. The van der Waals surface area contributed by atoms with E-state index in [1.54, 1.807) is 6.92 Å². The van der Waals surface area contributed by atoms with Crippen LogP contribution in [-0.2, 0) is 10.0 Å². The Labute approximate surface area is 172 Å². The molecule has 0 heterocycles. The highest BCUT2D eigenvalue weighted by molar-refractivity contribution is 7.92. The lowest BCUT2D eigenvalue weighted by molar-refractivity contribution is -0.206. The van der Waals surface area contributed by atoms with Crippen LogP contribution >= 0.6 is 0 Å². The Morgan fingerprint density at radius 1 is 0.933 bits per heavy atom. The third kappa shape index (κ3) is 4.47. The quantitative estimate of drug-likeness (QED) is 0.446. The van der Waals surface area contributed by atoms with Crippen LogP contribution in [0.25, 0.3) is 0 Å². The van der Waals surface area contributed by atoms with Crippen molar-refractivity contribution in [2.24, 2.45) is 0 Å². The Morgan fingerprint density at radius 2 is 1.40 bits per heavy atom. The second-order valence-corrected chi connectivity index (χ2v) is 8.76. The summed E-state index contributed by atoms with van der Waals surface area (Å²) in [6.45, 7) is 5.93. The number of nitrogen functional groups attached to an aromatic ring is 2. The van der Waals surface area contributed by atoms with Crippen LogP contribution in [0.3, 0.4) is 0 Å². The molecule has 0 saturated heterocycles. The monoisotopic (exact) mass is 447 g/mol. The lowest BCUT2D eigenvalue weighted by atomic mass is 10.0. The van der Waals surface area contributed by atoms with E-state index in [-0.39, 0.29) is 38.6 Å². The standard InChI is InChI=1S/C19H24F3N3O4S/c1-8-15(23)9(2)17(10(3)16(8)24)30(28,29)25-14-6-12(11(4)26)5-13(7-14)18(27)19(20,21)22/h5-7,11,18,25-27H,23-24H2,1-4H3. The van der Waals surface area contributed by atoms with Crippen molar-refractivity contribution < 1.29 is 31.8 Å². The number of halogens is 3. The molecule has 2 unspecified atom stereocenters. The molecule has 0 radical (unpaired) electrons. The molecule has 2 atom stereocenters. The van der Waals surface area contributed by atoms with Gasteiger partial charge in [-0.3, -0.25) is 4.72 Å². The zero-order chi connectivity index (χ0) is 23.2. The first kappa shape index (κ1) is 23.8. The molecular formula is C19H24F3N3O4S. The smallest absolute Gasteiger partial charge is 0.398 e. The van der Waals surface area contributed by atoms with Gasteiger partial charge in [-0.1, -0.05) is 6.07 Å². The molecule has 0 amide bonds. The van der Waals surface area contributed by atoms with E-state index in [1.165, 1.54) is 26.8 Å². The van der Waals surface area contributed by atoms with Crippen LogP contribution in [0.1, 0.15) is 46.9 Å². The van der Waals surface area contributed by atoms with Gasteiger partial charge in [-0.2, -0.15) is 13.2 Å². The number of anilines is 3. The normalized spacial score (nSPS) is 14.4. The minimum absolute atomic E-state index is 0.00937. The highest BCUT2D eigenvalue weighted by atomic mass is 32.2. The van der Waals surface area contributed by atoms with Crippen LogP contribution in [0.4, 0.5) is 30.2 Å². The Bertz CT molecular complexity index is 1050. The second kappa shape index (κ2) is 7.97. The maximum atomic E-state index is 13.0. The van der Waals surface area contributed by atoms with Crippen molar-refractivity contribution in [3.63, 3.8) is 0 Å². The van der Waals surface area contributed by atoms with Gasteiger partial charge in [0.2, 0.25) is 0 Å². The van der Waals surface area contributed by atoms with Gasteiger partial charge in [0.1, 0.15) is 0 Å². The summed E-state index contributed by atoms with van der Waals surface area (Å²) in [5, 5.41) is 19.4. The molecule has 0 aromatic heterocycles. The molecular weight excluding hydrogens is 423 g/mol. The number of nitrogens with two attached hydrogens (primary N) is 2. The number of benzene rings is 2. The summed E-state index contributed by atoms with van der Waals surface area (Å²) in [7, 11) is -4.31. The van der Waals surface area contributed by atoms with Gasteiger partial charge in [0.05, 0.1) is 11.0 Å². The van der Waals surface area contributed by atoms with E-state index in [4.69, 9.17) is 11.5 Å². The van der Waals surface area contributed by atoms with E-state index in [2.05, 4.69) is 4.72 Å². The summed E-state index contributed by atoms with van der Waals surface area (Å²) in [5.74, 6) is 0. The van der Waals surface area contributed by atoms with E-state index < -0.39 is 34.0 Å². The van der Waals surface area contributed by atoms with Crippen molar-refractivity contribution >= 4 is 27.1 Å². The van der Waals surface area contributed by atoms with Gasteiger partial charge in [0, 0.05) is 17.1 Å². The van der Waals surface area contributed by atoms with Crippen molar-refractivity contribution in [1.29, 1.82) is 0 Å². The first-order valence-electron chi connectivity index (χ1n) is 8.83. The fraction of sp³-hybridized carbons (Fsp3) is 0.368. The molecule has 7 nitrogen and oxygen atoms in total. The predicted octanol–water partition coefficient (Wildman–Crippen LogP) is 3.23. The second-order valence-electron chi connectivity index (χ2n) is 7.15. The highest BCUT2D eigenvalue weighted by Gasteiger charge is 2.40. The first-order valence-corrected chi connectivity index (χ1v) is 10.3. The van der Waals surface area contributed by atoms with Gasteiger partial charge in [-0.05, 0) is 67.6 Å². The Balaban J connectivity index is 2.64.